The zero-order valence-corrected chi connectivity index (χ0v) is 17.4. The minimum atomic E-state index is 0.241. The molecule has 146 valence electrons. The summed E-state index contributed by atoms with van der Waals surface area (Å²) in [5, 5.41) is 6.94. The third-order valence-corrected chi connectivity index (χ3v) is 6.08. The number of hydrogen-bond donors (Lipinski definition) is 2. The maximum absolute atomic E-state index is 5.77. The molecule has 1 aliphatic rings. The summed E-state index contributed by atoms with van der Waals surface area (Å²) < 4.78 is 11.6. The number of ether oxygens (including phenoxy) is 2. The molecule has 2 rings (SSSR count). The molecule has 1 aromatic rings. The first-order chi connectivity index (χ1) is 12.6. The highest BCUT2D eigenvalue weighted by molar-refractivity contribution is 8.00. The fourth-order valence-electron chi connectivity index (χ4n) is 3.16. The molecule has 26 heavy (non-hydrogen) atoms. The summed E-state index contributed by atoms with van der Waals surface area (Å²) in [6.07, 6.45) is 2.17. The average Bonchev–Trinajstić information content (AvgIpc) is 2.64. The van der Waals surface area contributed by atoms with Gasteiger partial charge in [-0.3, -0.25) is 4.99 Å². The topological polar surface area (TPSA) is 54.9 Å². The number of aryl methyl sites for hydroxylation is 1. The van der Waals surface area contributed by atoms with Gasteiger partial charge in [-0.05, 0) is 44.1 Å². The van der Waals surface area contributed by atoms with Crippen molar-refractivity contribution in [1.82, 2.24) is 10.6 Å². The molecule has 5 nitrogen and oxygen atoms in total. The van der Waals surface area contributed by atoms with Crippen LogP contribution in [0.5, 0.6) is 5.75 Å². The second-order valence-corrected chi connectivity index (χ2v) is 8.28. The molecule has 1 fully saturated rings. The predicted molar refractivity (Wildman–Crippen MR) is 111 cm³/mol. The van der Waals surface area contributed by atoms with E-state index >= 15 is 0 Å². The van der Waals surface area contributed by atoms with E-state index in [4.69, 9.17) is 9.47 Å². The lowest BCUT2D eigenvalue weighted by Crippen LogP contribution is -2.48. The molecule has 0 aromatic heterocycles. The molecule has 0 amide bonds. The summed E-state index contributed by atoms with van der Waals surface area (Å²) in [5.41, 5.74) is 2.35. The summed E-state index contributed by atoms with van der Waals surface area (Å²) in [7, 11) is 1.82. The first kappa shape index (κ1) is 20.9. The van der Waals surface area contributed by atoms with Crippen molar-refractivity contribution < 1.29 is 9.47 Å². The summed E-state index contributed by atoms with van der Waals surface area (Å²) in [5.74, 6) is 2.89. The van der Waals surface area contributed by atoms with Crippen molar-refractivity contribution in [3.05, 3.63) is 29.3 Å². The first-order valence-corrected chi connectivity index (χ1v) is 10.5. The Morgan fingerprint density at radius 2 is 2.04 bits per heavy atom. The van der Waals surface area contributed by atoms with Gasteiger partial charge in [0.05, 0.1) is 6.61 Å². The molecule has 1 aliphatic heterocycles. The Bertz CT molecular complexity index is 581. The van der Waals surface area contributed by atoms with Crippen molar-refractivity contribution in [1.29, 1.82) is 0 Å². The van der Waals surface area contributed by atoms with Crippen LogP contribution in [-0.4, -0.2) is 49.9 Å². The number of rotatable bonds is 8. The van der Waals surface area contributed by atoms with Gasteiger partial charge in [0, 0.05) is 43.7 Å². The van der Waals surface area contributed by atoms with Crippen molar-refractivity contribution in [2.45, 2.75) is 44.9 Å². The highest BCUT2D eigenvalue weighted by atomic mass is 32.2. The minimum Gasteiger partial charge on any atom is -0.494 e. The summed E-state index contributed by atoms with van der Waals surface area (Å²) in [6.45, 7) is 10.3. The molecule has 0 atom stereocenters. The standard InChI is InChI=1S/C20H33N3O2S/c1-5-25-18-13-16(3)7-8-17(18)14-22-19(21-4)23-15-20(26-6-2)9-11-24-12-10-20/h7-8,13H,5-6,9-12,14-15H2,1-4H3,(H2,21,22,23). The van der Waals surface area contributed by atoms with Gasteiger partial charge in [0.2, 0.25) is 0 Å². The molecule has 0 spiro atoms. The predicted octanol–water partition coefficient (Wildman–Crippen LogP) is 3.36. The number of thioether (sulfide) groups is 1. The molecule has 0 radical (unpaired) electrons. The molecular weight excluding hydrogens is 346 g/mol. The molecule has 1 saturated heterocycles. The fourth-order valence-corrected chi connectivity index (χ4v) is 4.41. The van der Waals surface area contributed by atoms with Gasteiger partial charge in [-0.15, -0.1) is 0 Å². The van der Waals surface area contributed by atoms with Gasteiger partial charge in [0.1, 0.15) is 5.75 Å². The van der Waals surface area contributed by atoms with Crippen LogP contribution in [0.15, 0.2) is 23.2 Å². The molecular formula is C20H33N3O2S. The SMILES string of the molecule is CCOc1cc(C)ccc1CNC(=NC)NCC1(SCC)CCOCC1. The second-order valence-electron chi connectivity index (χ2n) is 6.55. The Balaban J connectivity index is 1.93. The quantitative estimate of drug-likeness (QED) is 0.536. The molecule has 0 saturated carbocycles. The lowest BCUT2D eigenvalue weighted by atomic mass is 9.99. The Morgan fingerprint density at radius 3 is 2.69 bits per heavy atom. The number of nitrogens with zero attached hydrogens (tertiary/aromatic N) is 1. The van der Waals surface area contributed by atoms with Crippen molar-refractivity contribution in [2.24, 2.45) is 4.99 Å². The third-order valence-electron chi connectivity index (χ3n) is 4.62. The van der Waals surface area contributed by atoms with E-state index in [0.717, 1.165) is 55.6 Å². The highest BCUT2D eigenvalue weighted by Gasteiger charge is 2.32. The van der Waals surface area contributed by atoms with Crippen LogP contribution in [-0.2, 0) is 11.3 Å². The summed E-state index contributed by atoms with van der Waals surface area (Å²) in [4.78, 5) is 4.39. The highest BCUT2D eigenvalue weighted by Crippen LogP contribution is 2.34. The third kappa shape index (κ3) is 6.09. The van der Waals surface area contributed by atoms with E-state index in [1.54, 1.807) is 0 Å². The normalized spacial score (nSPS) is 17.0. The van der Waals surface area contributed by atoms with E-state index in [2.05, 4.69) is 47.7 Å². The van der Waals surface area contributed by atoms with Gasteiger partial charge in [-0.1, -0.05) is 19.1 Å². The van der Waals surface area contributed by atoms with Gasteiger partial charge >= 0.3 is 0 Å². The Labute approximate surface area is 162 Å². The molecule has 6 heteroatoms. The van der Waals surface area contributed by atoms with Gasteiger partial charge in [-0.25, -0.2) is 0 Å². The second kappa shape index (κ2) is 10.7. The van der Waals surface area contributed by atoms with Crippen LogP contribution in [0.3, 0.4) is 0 Å². The van der Waals surface area contributed by atoms with E-state index in [1.807, 2.05) is 25.7 Å². The van der Waals surface area contributed by atoms with E-state index in [9.17, 15) is 0 Å². The van der Waals surface area contributed by atoms with Gasteiger partial charge in [-0.2, -0.15) is 11.8 Å². The number of benzene rings is 1. The lowest BCUT2D eigenvalue weighted by Gasteiger charge is -2.37. The molecule has 2 N–H and O–H groups in total. The molecule has 0 bridgehead atoms. The van der Waals surface area contributed by atoms with Crippen LogP contribution in [0.25, 0.3) is 0 Å². The lowest BCUT2D eigenvalue weighted by molar-refractivity contribution is 0.0782. The zero-order valence-electron chi connectivity index (χ0n) is 16.6. The van der Waals surface area contributed by atoms with Crippen LogP contribution in [0.1, 0.15) is 37.8 Å². The number of aliphatic imine (C=N–C) groups is 1. The maximum atomic E-state index is 5.77. The van der Waals surface area contributed by atoms with E-state index in [1.165, 1.54) is 5.56 Å². The zero-order chi connectivity index (χ0) is 18.8. The van der Waals surface area contributed by atoms with Crippen molar-refractivity contribution in [3.8, 4) is 5.75 Å². The Kier molecular flexibility index (Phi) is 8.59. The Hall–Kier alpha value is -1.40. The number of guanidine groups is 1. The molecule has 0 aliphatic carbocycles. The van der Waals surface area contributed by atoms with Crippen LogP contribution in [0.2, 0.25) is 0 Å². The van der Waals surface area contributed by atoms with Crippen LogP contribution in [0, 0.1) is 6.92 Å². The first-order valence-electron chi connectivity index (χ1n) is 9.51. The molecule has 1 aromatic carbocycles. The van der Waals surface area contributed by atoms with Gasteiger partial charge in [0.25, 0.3) is 0 Å². The number of hydrogen-bond acceptors (Lipinski definition) is 4. The van der Waals surface area contributed by atoms with Crippen LogP contribution in [0.4, 0.5) is 0 Å². The van der Waals surface area contributed by atoms with E-state index in [0.29, 0.717) is 13.2 Å². The van der Waals surface area contributed by atoms with Crippen molar-refractivity contribution in [2.75, 3.05) is 39.2 Å². The van der Waals surface area contributed by atoms with Gasteiger partial charge < -0.3 is 20.1 Å². The monoisotopic (exact) mass is 379 g/mol. The number of nitrogens with one attached hydrogen (secondary N) is 2. The molecule has 1 heterocycles. The Morgan fingerprint density at radius 1 is 1.27 bits per heavy atom. The summed E-state index contributed by atoms with van der Waals surface area (Å²) in [6, 6.07) is 6.32. The van der Waals surface area contributed by atoms with E-state index in [-0.39, 0.29) is 4.75 Å². The van der Waals surface area contributed by atoms with Gasteiger partial charge in [0.15, 0.2) is 5.96 Å². The largest absolute Gasteiger partial charge is 0.494 e. The summed E-state index contributed by atoms with van der Waals surface area (Å²) >= 11 is 2.03. The average molecular weight is 380 g/mol. The van der Waals surface area contributed by atoms with Crippen LogP contribution >= 0.6 is 11.8 Å². The fraction of sp³-hybridized carbons (Fsp3) is 0.650. The van der Waals surface area contributed by atoms with Crippen LogP contribution < -0.4 is 15.4 Å². The smallest absolute Gasteiger partial charge is 0.191 e. The van der Waals surface area contributed by atoms with Crippen molar-refractivity contribution >= 4 is 17.7 Å². The minimum absolute atomic E-state index is 0.241. The van der Waals surface area contributed by atoms with Crippen molar-refractivity contribution in [3.63, 3.8) is 0 Å². The molecule has 0 unspecified atom stereocenters. The maximum Gasteiger partial charge on any atom is 0.191 e. The van der Waals surface area contributed by atoms with E-state index < -0.39 is 0 Å².